The van der Waals surface area contributed by atoms with Crippen molar-refractivity contribution in [3.05, 3.63) is 34.9 Å². The van der Waals surface area contributed by atoms with Crippen molar-refractivity contribution < 1.29 is 40.3 Å². The first-order chi connectivity index (χ1) is 9.40. The predicted octanol–water partition coefficient (Wildman–Crippen LogP) is 4.33. The maximum Gasteiger partial charge on any atom is 0.460 e. The van der Waals surface area contributed by atoms with Gasteiger partial charge in [-0.05, 0) is 12.1 Å². The zero-order valence-electron chi connectivity index (χ0n) is 9.86. The molecule has 0 heterocycles. The lowest BCUT2D eigenvalue weighted by Gasteiger charge is -2.27. The summed E-state index contributed by atoms with van der Waals surface area (Å²) in [6.07, 6.45) is -6.48. The van der Waals surface area contributed by atoms with Crippen LogP contribution >= 0.6 is 11.6 Å². The quantitative estimate of drug-likeness (QED) is 0.603. The third-order valence-corrected chi connectivity index (χ3v) is 2.62. The molecule has 0 saturated heterocycles. The Morgan fingerprint density at radius 3 is 2.05 bits per heavy atom. The highest BCUT2D eigenvalue weighted by Gasteiger charge is 2.73. The van der Waals surface area contributed by atoms with Crippen LogP contribution in [0.3, 0.4) is 0 Å². The number of rotatable bonds is 4. The number of alkyl halides is 7. The molecule has 0 unspecified atom stereocenters. The Bertz CT molecular complexity index is 528. The van der Waals surface area contributed by atoms with Crippen molar-refractivity contribution in [2.75, 3.05) is 6.61 Å². The Hall–Kier alpha value is -1.51. The highest BCUT2D eigenvalue weighted by atomic mass is 35.5. The molecular formula is C11H6ClF7O2. The molecule has 0 aliphatic carbocycles. The molecule has 0 bridgehead atoms. The van der Waals surface area contributed by atoms with Gasteiger partial charge in [0.25, 0.3) is 0 Å². The Morgan fingerprint density at radius 1 is 1.05 bits per heavy atom. The molecule has 0 N–H and O–H groups in total. The summed E-state index contributed by atoms with van der Waals surface area (Å²) in [7, 11) is 0. The van der Waals surface area contributed by atoms with Crippen LogP contribution in [0.15, 0.2) is 24.3 Å². The van der Waals surface area contributed by atoms with Crippen LogP contribution < -0.4 is 0 Å². The van der Waals surface area contributed by atoms with Gasteiger partial charge in [0, 0.05) is 0 Å². The van der Waals surface area contributed by atoms with Crippen molar-refractivity contribution in [1.82, 2.24) is 0 Å². The van der Waals surface area contributed by atoms with E-state index >= 15 is 0 Å². The van der Waals surface area contributed by atoms with Gasteiger partial charge >= 0.3 is 24.0 Å². The van der Waals surface area contributed by atoms with Gasteiger partial charge in [0.15, 0.2) is 6.61 Å². The molecule has 0 radical (unpaired) electrons. The molecule has 0 spiro atoms. The second kappa shape index (κ2) is 5.70. The van der Waals surface area contributed by atoms with Crippen LogP contribution in [0.1, 0.15) is 10.4 Å². The van der Waals surface area contributed by atoms with Gasteiger partial charge in [-0.25, -0.2) is 4.79 Å². The molecule has 0 aromatic heterocycles. The minimum absolute atomic E-state index is 0.228. The van der Waals surface area contributed by atoms with Crippen LogP contribution in [0.25, 0.3) is 0 Å². The van der Waals surface area contributed by atoms with E-state index in [-0.39, 0.29) is 5.02 Å². The molecule has 1 aromatic rings. The lowest BCUT2D eigenvalue weighted by molar-refractivity contribution is -0.359. The number of hydrogen-bond acceptors (Lipinski definition) is 2. The van der Waals surface area contributed by atoms with E-state index in [1.807, 2.05) is 0 Å². The SMILES string of the molecule is O=C(OCC(F)(F)C(F)(F)C(F)(F)F)c1ccccc1Cl. The van der Waals surface area contributed by atoms with Crippen molar-refractivity contribution >= 4 is 17.6 Å². The zero-order chi connectivity index (χ0) is 16.5. The number of benzene rings is 1. The van der Waals surface area contributed by atoms with Crippen LogP contribution in [-0.2, 0) is 4.74 Å². The van der Waals surface area contributed by atoms with E-state index in [9.17, 15) is 35.5 Å². The van der Waals surface area contributed by atoms with Gasteiger partial charge in [-0.1, -0.05) is 23.7 Å². The highest BCUT2D eigenvalue weighted by molar-refractivity contribution is 6.33. The second-order valence-corrected chi connectivity index (χ2v) is 4.24. The standard InChI is InChI=1S/C11H6ClF7O2/c12-7-4-2-1-3-6(7)8(20)21-5-9(13,14)10(15,16)11(17,18)19/h1-4H,5H2. The van der Waals surface area contributed by atoms with Crippen LogP contribution in [0, 0.1) is 0 Å². The lowest BCUT2D eigenvalue weighted by atomic mass is 10.1. The molecule has 0 aliphatic rings. The minimum Gasteiger partial charge on any atom is -0.455 e. The normalized spacial score (nSPS) is 13.1. The molecule has 0 aliphatic heterocycles. The average molecular weight is 339 g/mol. The van der Waals surface area contributed by atoms with Crippen LogP contribution in [-0.4, -0.2) is 30.6 Å². The minimum atomic E-state index is -6.48. The van der Waals surface area contributed by atoms with Crippen molar-refractivity contribution in [1.29, 1.82) is 0 Å². The van der Waals surface area contributed by atoms with Gasteiger partial charge in [-0.3, -0.25) is 0 Å². The van der Waals surface area contributed by atoms with Crippen molar-refractivity contribution in [3.8, 4) is 0 Å². The molecule has 21 heavy (non-hydrogen) atoms. The largest absolute Gasteiger partial charge is 0.460 e. The van der Waals surface area contributed by atoms with Crippen molar-refractivity contribution in [3.63, 3.8) is 0 Å². The van der Waals surface area contributed by atoms with E-state index in [1.54, 1.807) is 0 Å². The fourth-order valence-corrected chi connectivity index (χ4v) is 1.37. The molecule has 1 rings (SSSR count). The van der Waals surface area contributed by atoms with Crippen LogP contribution in [0.5, 0.6) is 0 Å². The number of carbonyl (C=O) groups excluding carboxylic acids is 1. The molecule has 2 nitrogen and oxygen atoms in total. The Balaban J connectivity index is 2.83. The number of ether oxygens (including phenoxy) is 1. The van der Waals surface area contributed by atoms with E-state index in [1.165, 1.54) is 18.2 Å². The van der Waals surface area contributed by atoms with E-state index < -0.39 is 36.2 Å². The molecule has 0 saturated carbocycles. The Morgan fingerprint density at radius 2 is 1.57 bits per heavy atom. The molecule has 118 valence electrons. The van der Waals surface area contributed by atoms with Crippen molar-refractivity contribution in [2.24, 2.45) is 0 Å². The molecule has 0 fully saturated rings. The fourth-order valence-electron chi connectivity index (χ4n) is 1.16. The van der Waals surface area contributed by atoms with Gasteiger partial charge in [-0.2, -0.15) is 30.7 Å². The number of esters is 1. The third kappa shape index (κ3) is 3.58. The maximum atomic E-state index is 12.9. The monoisotopic (exact) mass is 338 g/mol. The summed E-state index contributed by atoms with van der Waals surface area (Å²) in [5, 5.41) is -0.228. The number of carbonyl (C=O) groups is 1. The summed E-state index contributed by atoms with van der Waals surface area (Å²) in [6.45, 7) is -2.44. The lowest BCUT2D eigenvalue weighted by Crippen LogP contribution is -2.54. The molecule has 0 atom stereocenters. The summed E-state index contributed by atoms with van der Waals surface area (Å²) in [4.78, 5) is 11.3. The topological polar surface area (TPSA) is 26.3 Å². The molecule has 1 aromatic carbocycles. The first-order valence-electron chi connectivity index (χ1n) is 5.14. The highest BCUT2D eigenvalue weighted by Crippen LogP contribution is 2.46. The maximum absolute atomic E-state index is 12.9. The number of hydrogen-bond donors (Lipinski definition) is 0. The third-order valence-electron chi connectivity index (χ3n) is 2.29. The first kappa shape index (κ1) is 17.5. The smallest absolute Gasteiger partial charge is 0.455 e. The molecular weight excluding hydrogens is 333 g/mol. The second-order valence-electron chi connectivity index (χ2n) is 3.83. The number of halogens is 8. The van der Waals surface area contributed by atoms with Gasteiger partial charge in [-0.15, -0.1) is 0 Å². The first-order valence-corrected chi connectivity index (χ1v) is 5.52. The van der Waals surface area contributed by atoms with Crippen LogP contribution in [0.2, 0.25) is 5.02 Å². The van der Waals surface area contributed by atoms with E-state index in [4.69, 9.17) is 11.6 Å². The Kier molecular flexibility index (Phi) is 4.76. The summed E-state index contributed by atoms with van der Waals surface area (Å²) in [6, 6.07) is 4.86. The summed E-state index contributed by atoms with van der Waals surface area (Å²) in [5.41, 5.74) is -0.440. The van der Waals surface area contributed by atoms with E-state index in [0.29, 0.717) is 0 Å². The average Bonchev–Trinajstić information content (AvgIpc) is 2.35. The van der Waals surface area contributed by atoms with Crippen LogP contribution in [0.4, 0.5) is 30.7 Å². The van der Waals surface area contributed by atoms with Gasteiger partial charge in [0.05, 0.1) is 10.6 Å². The zero-order valence-corrected chi connectivity index (χ0v) is 10.6. The van der Waals surface area contributed by atoms with E-state index in [0.717, 1.165) is 6.07 Å². The van der Waals surface area contributed by atoms with Gasteiger partial charge in [0.2, 0.25) is 0 Å². The van der Waals surface area contributed by atoms with Gasteiger partial charge < -0.3 is 4.74 Å². The van der Waals surface area contributed by atoms with Crippen molar-refractivity contribution in [2.45, 2.75) is 18.0 Å². The molecule has 10 heteroatoms. The summed E-state index contributed by atoms with van der Waals surface area (Å²) < 4.78 is 90.2. The van der Waals surface area contributed by atoms with E-state index in [2.05, 4.69) is 4.74 Å². The molecule has 0 amide bonds. The summed E-state index contributed by atoms with van der Waals surface area (Å²) in [5.74, 6) is -13.5. The summed E-state index contributed by atoms with van der Waals surface area (Å²) >= 11 is 5.52. The predicted molar refractivity (Wildman–Crippen MR) is 57.7 cm³/mol. The Labute approximate surface area is 118 Å². The van der Waals surface area contributed by atoms with Gasteiger partial charge in [0.1, 0.15) is 0 Å². The fraction of sp³-hybridized carbons (Fsp3) is 0.364.